The third-order valence-electron chi connectivity index (χ3n) is 2.58. The maximum atomic E-state index is 4.46. The summed E-state index contributed by atoms with van der Waals surface area (Å²) in [5, 5.41) is 1.18. The quantitative estimate of drug-likeness (QED) is 0.675. The van der Waals surface area contributed by atoms with Crippen molar-refractivity contribution in [1.29, 1.82) is 0 Å². The third kappa shape index (κ3) is 2.03. The molecule has 0 N–H and O–H groups in total. The molecule has 1 heterocycles. The molecule has 80 valence electrons. The van der Waals surface area contributed by atoms with Gasteiger partial charge in [0.25, 0.3) is 0 Å². The van der Waals surface area contributed by atoms with E-state index in [9.17, 15) is 0 Å². The van der Waals surface area contributed by atoms with Gasteiger partial charge in [0, 0.05) is 17.1 Å². The third-order valence-corrected chi connectivity index (χ3v) is 2.58. The van der Waals surface area contributed by atoms with Gasteiger partial charge in [-0.05, 0) is 31.6 Å². The lowest BCUT2D eigenvalue weighted by Gasteiger charge is -2.03. The highest BCUT2D eigenvalue weighted by Crippen LogP contribution is 2.19. The summed E-state index contributed by atoms with van der Waals surface area (Å²) in [7, 11) is 0. The van der Waals surface area contributed by atoms with E-state index in [0.29, 0.717) is 0 Å². The van der Waals surface area contributed by atoms with Crippen LogP contribution in [-0.2, 0) is 0 Å². The molecule has 0 spiro atoms. The van der Waals surface area contributed by atoms with Crippen LogP contribution in [0.4, 0.5) is 0 Å². The number of aromatic nitrogens is 1. The summed E-state index contributed by atoms with van der Waals surface area (Å²) in [5.41, 5.74) is 3.42. The van der Waals surface area contributed by atoms with E-state index in [4.69, 9.17) is 0 Å². The zero-order valence-corrected chi connectivity index (χ0v) is 9.64. The van der Waals surface area contributed by atoms with E-state index >= 15 is 0 Å². The van der Waals surface area contributed by atoms with Crippen molar-refractivity contribution < 1.29 is 0 Å². The number of para-hydroxylation sites is 1. The minimum absolute atomic E-state index is 1.04. The highest BCUT2D eigenvalue weighted by molar-refractivity contribution is 5.84. The smallest absolute Gasteiger partial charge is 0.0702 e. The molecule has 1 heteroatoms. The van der Waals surface area contributed by atoms with E-state index in [1.165, 1.54) is 16.5 Å². The van der Waals surface area contributed by atoms with Gasteiger partial charge in [0.1, 0.15) is 0 Å². The van der Waals surface area contributed by atoms with Gasteiger partial charge in [-0.1, -0.05) is 36.4 Å². The number of benzene rings is 1. The number of rotatable bonds is 2. The number of nitrogens with zero attached hydrogens (tertiary/aromatic N) is 1. The van der Waals surface area contributed by atoms with Crippen molar-refractivity contribution in [3.63, 3.8) is 0 Å². The minimum atomic E-state index is 1.04. The van der Waals surface area contributed by atoms with Gasteiger partial charge >= 0.3 is 0 Å². The molecular formula is C15H15N. The summed E-state index contributed by atoms with van der Waals surface area (Å²) in [5.74, 6) is 0. The molecule has 0 fully saturated rings. The summed E-state index contributed by atoms with van der Waals surface area (Å²) in [6, 6.07) is 10.4. The van der Waals surface area contributed by atoms with Crippen LogP contribution in [0.2, 0.25) is 0 Å². The number of fused-ring (bicyclic) bond motifs is 1. The zero-order chi connectivity index (χ0) is 11.4. The zero-order valence-electron chi connectivity index (χ0n) is 9.64. The summed E-state index contributed by atoms with van der Waals surface area (Å²) in [6.07, 6.45) is 8.18. The van der Waals surface area contributed by atoms with E-state index in [-0.39, 0.29) is 0 Å². The van der Waals surface area contributed by atoms with E-state index in [2.05, 4.69) is 29.3 Å². The van der Waals surface area contributed by atoms with Crippen LogP contribution in [0.25, 0.3) is 16.5 Å². The normalized spacial score (nSPS) is 12.5. The fourth-order valence-electron chi connectivity index (χ4n) is 1.77. The van der Waals surface area contributed by atoms with Gasteiger partial charge in [-0.15, -0.1) is 0 Å². The molecule has 0 amide bonds. The molecule has 1 aromatic heterocycles. The molecule has 0 aliphatic rings. The molecule has 0 radical (unpaired) electrons. The Hall–Kier alpha value is -1.89. The molecule has 0 atom stereocenters. The molecule has 0 bridgehead atoms. The first-order valence-corrected chi connectivity index (χ1v) is 5.49. The van der Waals surface area contributed by atoms with Gasteiger partial charge in [0.05, 0.1) is 5.52 Å². The van der Waals surface area contributed by atoms with Crippen molar-refractivity contribution in [3.05, 3.63) is 60.3 Å². The van der Waals surface area contributed by atoms with Crippen LogP contribution in [-0.4, -0.2) is 4.98 Å². The Labute approximate surface area is 96.1 Å². The molecule has 0 aliphatic heterocycles. The lowest BCUT2D eigenvalue weighted by molar-refractivity contribution is 1.38. The van der Waals surface area contributed by atoms with Crippen molar-refractivity contribution in [1.82, 2.24) is 4.98 Å². The average Bonchev–Trinajstić information content (AvgIpc) is 2.35. The monoisotopic (exact) mass is 209 g/mol. The van der Waals surface area contributed by atoms with Gasteiger partial charge < -0.3 is 0 Å². The van der Waals surface area contributed by atoms with Crippen molar-refractivity contribution in [2.75, 3.05) is 0 Å². The summed E-state index contributed by atoms with van der Waals surface area (Å²) in [4.78, 5) is 4.46. The predicted molar refractivity (Wildman–Crippen MR) is 70.2 cm³/mol. The number of hydrogen-bond acceptors (Lipinski definition) is 1. The fraction of sp³-hybridized carbons (Fsp3) is 0.133. The largest absolute Gasteiger partial charge is 0.256 e. The van der Waals surface area contributed by atoms with E-state index in [0.717, 1.165) is 5.52 Å². The standard InChI is InChI=1S/C15H15N/c1-3-7-12(4-2)14-10-13-8-5-6-9-15(13)16-11-14/h3-11H,1-2H3/b7-3-,12-4+. The Bertz CT molecular complexity index is 550. The number of hydrogen-bond donors (Lipinski definition) is 0. The van der Waals surface area contributed by atoms with E-state index in [1.807, 2.05) is 44.3 Å². The molecule has 0 saturated carbocycles. The van der Waals surface area contributed by atoms with Crippen LogP contribution in [0, 0.1) is 0 Å². The molecule has 1 aromatic carbocycles. The first-order chi connectivity index (χ1) is 7.85. The first-order valence-electron chi connectivity index (χ1n) is 5.49. The Morgan fingerprint density at radius 2 is 2.00 bits per heavy atom. The molecule has 1 nitrogen and oxygen atoms in total. The Balaban J connectivity index is 2.54. The van der Waals surface area contributed by atoms with Gasteiger partial charge in [-0.3, -0.25) is 4.98 Å². The van der Waals surface area contributed by atoms with Crippen molar-refractivity contribution >= 4 is 16.5 Å². The van der Waals surface area contributed by atoms with Gasteiger partial charge in [0.15, 0.2) is 0 Å². The fourth-order valence-corrected chi connectivity index (χ4v) is 1.77. The number of pyridine rings is 1. The second-order valence-corrected chi connectivity index (χ2v) is 3.66. The second kappa shape index (κ2) is 4.75. The predicted octanol–water partition coefficient (Wildman–Crippen LogP) is 4.21. The highest BCUT2D eigenvalue weighted by Gasteiger charge is 1.99. The van der Waals surface area contributed by atoms with Crippen LogP contribution < -0.4 is 0 Å². The minimum Gasteiger partial charge on any atom is -0.256 e. The second-order valence-electron chi connectivity index (χ2n) is 3.66. The van der Waals surface area contributed by atoms with Crippen LogP contribution >= 0.6 is 0 Å². The highest BCUT2D eigenvalue weighted by atomic mass is 14.6. The van der Waals surface area contributed by atoms with Crippen molar-refractivity contribution in [2.45, 2.75) is 13.8 Å². The Morgan fingerprint density at radius 1 is 1.19 bits per heavy atom. The summed E-state index contributed by atoms with van der Waals surface area (Å²) < 4.78 is 0. The molecular weight excluding hydrogens is 194 g/mol. The summed E-state index contributed by atoms with van der Waals surface area (Å²) >= 11 is 0. The van der Waals surface area contributed by atoms with Gasteiger partial charge in [-0.2, -0.15) is 0 Å². The Kier molecular flexibility index (Phi) is 3.16. The van der Waals surface area contributed by atoms with Crippen molar-refractivity contribution in [2.24, 2.45) is 0 Å². The van der Waals surface area contributed by atoms with Gasteiger partial charge in [-0.25, -0.2) is 0 Å². The van der Waals surface area contributed by atoms with Crippen LogP contribution in [0.3, 0.4) is 0 Å². The molecule has 0 aliphatic carbocycles. The molecule has 16 heavy (non-hydrogen) atoms. The maximum absolute atomic E-state index is 4.46. The maximum Gasteiger partial charge on any atom is 0.0702 e. The first kappa shape index (κ1) is 10.6. The lowest BCUT2D eigenvalue weighted by Crippen LogP contribution is -1.85. The van der Waals surface area contributed by atoms with Crippen molar-refractivity contribution in [3.8, 4) is 0 Å². The SMILES string of the molecule is C/C=C\C(=C/C)c1cnc2ccccc2c1. The van der Waals surface area contributed by atoms with E-state index in [1.54, 1.807) is 0 Å². The average molecular weight is 209 g/mol. The van der Waals surface area contributed by atoms with E-state index < -0.39 is 0 Å². The van der Waals surface area contributed by atoms with Gasteiger partial charge in [0.2, 0.25) is 0 Å². The summed E-state index contributed by atoms with van der Waals surface area (Å²) in [6.45, 7) is 4.07. The topological polar surface area (TPSA) is 12.9 Å². The Morgan fingerprint density at radius 3 is 2.75 bits per heavy atom. The number of allylic oxidation sites excluding steroid dienone is 4. The molecule has 0 saturated heterocycles. The molecule has 0 unspecified atom stereocenters. The molecule has 2 rings (SSSR count). The molecule has 2 aromatic rings. The lowest BCUT2D eigenvalue weighted by atomic mass is 10.1. The van der Waals surface area contributed by atoms with Crippen LogP contribution in [0.5, 0.6) is 0 Å². The van der Waals surface area contributed by atoms with Crippen LogP contribution in [0.1, 0.15) is 19.4 Å². The van der Waals surface area contributed by atoms with Crippen LogP contribution in [0.15, 0.2) is 54.8 Å².